The maximum Gasteiger partial charge on any atom is 0.289 e. The molecule has 1 saturated heterocycles. The summed E-state index contributed by atoms with van der Waals surface area (Å²) in [4.78, 5) is 21.3. The molecule has 0 atom stereocenters. The Bertz CT molecular complexity index is 796. The van der Waals surface area contributed by atoms with E-state index in [0.29, 0.717) is 24.8 Å². The van der Waals surface area contributed by atoms with Crippen molar-refractivity contribution in [1.29, 1.82) is 0 Å². The van der Waals surface area contributed by atoms with Gasteiger partial charge >= 0.3 is 0 Å². The largest absolute Gasteiger partial charge is 0.459 e. The summed E-state index contributed by atoms with van der Waals surface area (Å²) in [5.41, 5.74) is 0. The Kier molecular flexibility index (Phi) is 9.60. The fourth-order valence-corrected chi connectivity index (χ4v) is 3.24. The van der Waals surface area contributed by atoms with Crippen molar-refractivity contribution in [1.82, 2.24) is 29.9 Å². The second-order valence-corrected chi connectivity index (χ2v) is 7.54. The number of guanidine groups is 1. The smallest absolute Gasteiger partial charge is 0.289 e. The molecule has 0 spiro atoms. The lowest BCUT2D eigenvalue weighted by Crippen LogP contribution is -2.54. The van der Waals surface area contributed by atoms with Crippen molar-refractivity contribution in [2.75, 3.05) is 39.3 Å². The maximum atomic E-state index is 12.5. The van der Waals surface area contributed by atoms with Crippen molar-refractivity contribution < 1.29 is 9.21 Å². The van der Waals surface area contributed by atoms with E-state index in [1.807, 2.05) is 4.90 Å². The Balaban J connectivity index is 0.00000320. The number of hydrogen-bond acceptors (Lipinski definition) is 5. The molecule has 0 aromatic carbocycles. The van der Waals surface area contributed by atoms with Crippen LogP contribution in [0.15, 0.2) is 34.1 Å². The third-order valence-electron chi connectivity index (χ3n) is 4.85. The van der Waals surface area contributed by atoms with Gasteiger partial charge in [0.1, 0.15) is 12.2 Å². The number of nitrogens with zero attached hydrogens (tertiary/aromatic N) is 6. The van der Waals surface area contributed by atoms with Gasteiger partial charge in [0.15, 0.2) is 11.7 Å². The topological polar surface area (TPSA) is 91.8 Å². The van der Waals surface area contributed by atoms with Gasteiger partial charge < -0.3 is 24.1 Å². The highest BCUT2D eigenvalue weighted by molar-refractivity contribution is 14.0. The molecular formula is C20H32IN7O2. The van der Waals surface area contributed by atoms with E-state index in [0.717, 1.165) is 50.9 Å². The van der Waals surface area contributed by atoms with E-state index in [1.165, 1.54) is 6.26 Å². The Labute approximate surface area is 194 Å². The van der Waals surface area contributed by atoms with Crippen LogP contribution in [-0.2, 0) is 13.0 Å². The number of nitrogens with one attached hydrogen (secondary N) is 1. The number of furan rings is 1. The van der Waals surface area contributed by atoms with Crippen LogP contribution in [0.2, 0.25) is 0 Å². The van der Waals surface area contributed by atoms with Gasteiger partial charge in [-0.05, 0) is 18.1 Å². The van der Waals surface area contributed by atoms with Crippen LogP contribution in [0.4, 0.5) is 0 Å². The monoisotopic (exact) mass is 529 g/mol. The first-order chi connectivity index (χ1) is 14.1. The average molecular weight is 529 g/mol. The molecule has 10 heteroatoms. The van der Waals surface area contributed by atoms with Gasteiger partial charge in [-0.2, -0.15) is 0 Å². The third kappa shape index (κ3) is 6.44. The van der Waals surface area contributed by atoms with Crippen LogP contribution in [0.25, 0.3) is 0 Å². The van der Waals surface area contributed by atoms with E-state index in [4.69, 9.17) is 9.41 Å². The molecule has 0 radical (unpaired) electrons. The van der Waals surface area contributed by atoms with Gasteiger partial charge in [0.25, 0.3) is 5.91 Å². The number of hydrogen-bond donors (Lipinski definition) is 1. The number of piperazine rings is 1. The lowest BCUT2D eigenvalue weighted by atomic mass is 10.2. The second-order valence-electron chi connectivity index (χ2n) is 7.54. The molecule has 1 N–H and O–H groups in total. The number of aliphatic imine (C=N–C) groups is 1. The fraction of sp³-hybridized carbons (Fsp3) is 0.600. The first kappa shape index (κ1) is 24.2. The van der Waals surface area contributed by atoms with Crippen molar-refractivity contribution in [3.63, 3.8) is 0 Å². The molecule has 0 aliphatic carbocycles. The quantitative estimate of drug-likeness (QED) is 0.336. The van der Waals surface area contributed by atoms with E-state index in [9.17, 15) is 4.79 Å². The SMILES string of the molecule is CCc1nncn1CCNC(=NCC(C)C)N1CCN(C(=O)c2ccco2)CC1.I. The van der Waals surface area contributed by atoms with E-state index < -0.39 is 0 Å². The molecule has 0 saturated carbocycles. The normalized spacial score (nSPS) is 14.7. The third-order valence-corrected chi connectivity index (χ3v) is 4.85. The maximum absolute atomic E-state index is 12.5. The second kappa shape index (κ2) is 11.9. The molecule has 1 aliphatic rings. The molecule has 3 rings (SSSR count). The van der Waals surface area contributed by atoms with Crippen molar-refractivity contribution >= 4 is 35.8 Å². The van der Waals surface area contributed by atoms with E-state index in [2.05, 4.69) is 45.8 Å². The molecule has 0 unspecified atom stereocenters. The van der Waals surface area contributed by atoms with Gasteiger partial charge in [0, 0.05) is 52.2 Å². The van der Waals surface area contributed by atoms with Crippen molar-refractivity contribution in [2.24, 2.45) is 10.9 Å². The number of aromatic nitrogens is 3. The molecule has 1 amide bonds. The van der Waals surface area contributed by atoms with Crippen LogP contribution in [0.1, 0.15) is 37.2 Å². The summed E-state index contributed by atoms with van der Waals surface area (Å²) in [7, 11) is 0. The van der Waals surface area contributed by atoms with E-state index in [-0.39, 0.29) is 29.9 Å². The Morgan fingerprint density at radius 2 is 2.00 bits per heavy atom. The first-order valence-corrected chi connectivity index (χ1v) is 10.3. The van der Waals surface area contributed by atoms with Gasteiger partial charge in [0.05, 0.1) is 6.26 Å². The van der Waals surface area contributed by atoms with Gasteiger partial charge in [-0.15, -0.1) is 34.2 Å². The van der Waals surface area contributed by atoms with Gasteiger partial charge in [-0.25, -0.2) is 0 Å². The Morgan fingerprint density at radius 3 is 2.63 bits per heavy atom. The number of amides is 1. The molecule has 1 fully saturated rings. The highest BCUT2D eigenvalue weighted by Crippen LogP contribution is 2.10. The number of carbonyl (C=O) groups excluding carboxylic acids is 1. The molecule has 0 bridgehead atoms. The molecule has 1 aliphatic heterocycles. The summed E-state index contributed by atoms with van der Waals surface area (Å²) in [6.45, 7) is 11.5. The predicted molar refractivity (Wildman–Crippen MR) is 126 cm³/mol. The zero-order valence-corrected chi connectivity index (χ0v) is 20.3. The number of carbonyl (C=O) groups is 1. The summed E-state index contributed by atoms with van der Waals surface area (Å²) < 4.78 is 7.30. The molecule has 2 aromatic rings. The minimum Gasteiger partial charge on any atom is -0.459 e. The van der Waals surface area contributed by atoms with Crippen LogP contribution < -0.4 is 5.32 Å². The van der Waals surface area contributed by atoms with Crippen LogP contribution in [-0.4, -0.2) is 75.7 Å². The minimum absolute atomic E-state index is 0. The summed E-state index contributed by atoms with van der Waals surface area (Å²) >= 11 is 0. The molecule has 9 nitrogen and oxygen atoms in total. The summed E-state index contributed by atoms with van der Waals surface area (Å²) in [5.74, 6) is 2.71. The van der Waals surface area contributed by atoms with Crippen molar-refractivity contribution in [3.8, 4) is 0 Å². The molecule has 3 heterocycles. The van der Waals surface area contributed by atoms with Gasteiger partial charge in [-0.3, -0.25) is 9.79 Å². The summed E-state index contributed by atoms with van der Waals surface area (Å²) in [5, 5.41) is 11.6. The van der Waals surface area contributed by atoms with Crippen LogP contribution >= 0.6 is 24.0 Å². The van der Waals surface area contributed by atoms with Gasteiger partial charge in [0.2, 0.25) is 0 Å². The summed E-state index contributed by atoms with van der Waals surface area (Å²) in [6.07, 6.45) is 4.16. The van der Waals surface area contributed by atoms with Crippen molar-refractivity contribution in [2.45, 2.75) is 33.7 Å². The summed E-state index contributed by atoms with van der Waals surface area (Å²) in [6, 6.07) is 3.45. The average Bonchev–Trinajstić information content (AvgIpc) is 3.42. The molecule has 30 heavy (non-hydrogen) atoms. The van der Waals surface area contributed by atoms with Crippen LogP contribution in [0.3, 0.4) is 0 Å². The predicted octanol–water partition coefficient (Wildman–Crippen LogP) is 2.11. The molecular weight excluding hydrogens is 497 g/mol. The fourth-order valence-electron chi connectivity index (χ4n) is 3.24. The zero-order valence-electron chi connectivity index (χ0n) is 18.0. The standard InChI is InChI=1S/C20H31N7O2.HI/c1-4-18-24-23-15-27(18)8-7-21-20(22-14-16(2)3)26-11-9-25(10-12-26)19(28)17-6-5-13-29-17;/h5-6,13,15-16H,4,7-12,14H2,1-3H3,(H,21,22);1H. The number of halogens is 1. The lowest BCUT2D eigenvalue weighted by Gasteiger charge is -2.36. The minimum atomic E-state index is -0.0528. The first-order valence-electron chi connectivity index (χ1n) is 10.3. The highest BCUT2D eigenvalue weighted by Gasteiger charge is 2.25. The van der Waals surface area contributed by atoms with Crippen LogP contribution in [0.5, 0.6) is 0 Å². The highest BCUT2D eigenvalue weighted by atomic mass is 127. The van der Waals surface area contributed by atoms with E-state index in [1.54, 1.807) is 18.5 Å². The van der Waals surface area contributed by atoms with Gasteiger partial charge in [-0.1, -0.05) is 20.8 Å². The molecule has 166 valence electrons. The Hall–Kier alpha value is -2.11. The Morgan fingerprint density at radius 1 is 1.27 bits per heavy atom. The number of aryl methyl sites for hydroxylation is 1. The molecule has 2 aromatic heterocycles. The number of rotatable bonds is 7. The van der Waals surface area contributed by atoms with Crippen molar-refractivity contribution in [3.05, 3.63) is 36.3 Å². The zero-order chi connectivity index (χ0) is 20.6. The van der Waals surface area contributed by atoms with E-state index >= 15 is 0 Å². The lowest BCUT2D eigenvalue weighted by molar-refractivity contribution is 0.0657. The van der Waals surface area contributed by atoms with Crippen LogP contribution in [0, 0.1) is 5.92 Å².